The molecule has 1 saturated heterocycles. The van der Waals surface area contributed by atoms with E-state index < -0.39 is 11.9 Å². The van der Waals surface area contributed by atoms with E-state index in [9.17, 15) is 13.2 Å². The lowest BCUT2D eigenvalue weighted by atomic mass is 9.89. The minimum Gasteiger partial charge on any atom is -0.290 e. The van der Waals surface area contributed by atoms with Crippen LogP contribution in [0.3, 0.4) is 0 Å². The normalized spacial score (nSPS) is 18.8. The Morgan fingerprint density at radius 1 is 1.21 bits per heavy atom. The number of H-pyrrole nitrogens is 1. The molecular formula is C20H25F3N6. The number of alkyl halides is 3. The maximum Gasteiger partial charge on any atom is 0.433 e. The zero-order chi connectivity index (χ0) is 21.0. The first-order valence-corrected chi connectivity index (χ1v) is 9.75. The molecule has 1 fully saturated rings. The highest BCUT2D eigenvalue weighted by Gasteiger charge is 2.36. The van der Waals surface area contributed by atoms with E-state index in [2.05, 4.69) is 46.0 Å². The third-order valence-electron chi connectivity index (χ3n) is 5.41. The van der Waals surface area contributed by atoms with Crippen molar-refractivity contribution < 1.29 is 13.2 Å². The largest absolute Gasteiger partial charge is 0.433 e. The van der Waals surface area contributed by atoms with Crippen LogP contribution in [-0.2, 0) is 18.1 Å². The maximum atomic E-state index is 13.5. The van der Waals surface area contributed by atoms with Gasteiger partial charge in [-0.3, -0.25) is 10.00 Å². The highest BCUT2D eigenvalue weighted by atomic mass is 19.4. The lowest BCUT2D eigenvalue weighted by molar-refractivity contribution is -0.142. The van der Waals surface area contributed by atoms with E-state index in [1.807, 2.05) is 6.20 Å². The number of likely N-dealkylation sites (tertiary alicyclic amines) is 1. The van der Waals surface area contributed by atoms with Crippen LogP contribution in [0.1, 0.15) is 68.0 Å². The molecule has 4 rings (SSSR count). The molecule has 0 aliphatic carbocycles. The van der Waals surface area contributed by atoms with Gasteiger partial charge in [0.2, 0.25) is 0 Å². The van der Waals surface area contributed by atoms with Crippen molar-refractivity contribution in [3.05, 3.63) is 46.7 Å². The second-order valence-electron chi connectivity index (χ2n) is 8.77. The summed E-state index contributed by atoms with van der Waals surface area (Å²) in [7, 11) is 0. The predicted molar refractivity (Wildman–Crippen MR) is 102 cm³/mol. The Morgan fingerprint density at radius 3 is 2.66 bits per heavy atom. The Kier molecular flexibility index (Phi) is 4.68. The second-order valence-corrected chi connectivity index (χ2v) is 8.77. The van der Waals surface area contributed by atoms with E-state index in [4.69, 9.17) is 0 Å². The van der Waals surface area contributed by atoms with Crippen LogP contribution in [0, 0.1) is 6.92 Å². The van der Waals surface area contributed by atoms with Crippen LogP contribution in [0.15, 0.2) is 18.3 Å². The monoisotopic (exact) mass is 406 g/mol. The van der Waals surface area contributed by atoms with Crippen LogP contribution in [0.2, 0.25) is 0 Å². The fourth-order valence-electron chi connectivity index (χ4n) is 4.13. The molecule has 1 N–H and O–H groups in total. The molecule has 0 radical (unpaired) electrons. The Labute approximate surface area is 167 Å². The van der Waals surface area contributed by atoms with Gasteiger partial charge >= 0.3 is 6.18 Å². The van der Waals surface area contributed by atoms with Gasteiger partial charge in [0.05, 0.1) is 17.9 Å². The van der Waals surface area contributed by atoms with Gasteiger partial charge in [-0.15, -0.1) is 0 Å². The van der Waals surface area contributed by atoms with Gasteiger partial charge < -0.3 is 0 Å². The number of nitrogens with one attached hydrogen (secondary N) is 1. The number of aromatic amines is 1. The molecule has 29 heavy (non-hydrogen) atoms. The summed E-state index contributed by atoms with van der Waals surface area (Å²) >= 11 is 0. The van der Waals surface area contributed by atoms with Crippen molar-refractivity contribution in [1.82, 2.24) is 29.7 Å². The molecule has 4 heterocycles. The molecule has 9 heteroatoms. The highest BCUT2D eigenvalue weighted by molar-refractivity contribution is 5.43. The predicted octanol–water partition coefficient (Wildman–Crippen LogP) is 4.41. The number of hydrogen-bond acceptors (Lipinski definition) is 4. The molecule has 0 amide bonds. The van der Waals surface area contributed by atoms with Gasteiger partial charge in [-0.25, -0.2) is 9.50 Å². The first-order valence-electron chi connectivity index (χ1n) is 9.75. The van der Waals surface area contributed by atoms with Gasteiger partial charge in [0.1, 0.15) is 5.69 Å². The molecule has 3 aromatic heterocycles. The van der Waals surface area contributed by atoms with E-state index in [1.54, 1.807) is 13.0 Å². The summed E-state index contributed by atoms with van der Waals surface area (Å²) in [6.45, 7) is 9.49. The Balaban J connectivity index is 1.68. The van der Waals surface area contributed by atoms with Gasteiger partial charge in [-0.1, -0.05) is 20.8 Å². The molecule has 0 bridgehead atoms. The smallest absolute Gasteiger partial charge is 0.290 e. The number of hydrogen-bond donors (Lipinski definition) is 1. The molecule has 1 aliphatic rings. The third-order valence-corrected chi connectivity index (χ3v) is 5.41. The zero-order valence-electron chi connectivity index (χ0n) is 17.0. The SMILES string of the molecule is Cc1cc(C(F)(F)F)n2nc([C@H]3CCCN3Cc3cn[nH]c3C(C)(C)C)cc2n1. The lowest BCUT2D eigenvalue weighted by Gasteiger charge is -2.25. The molecule has 1 atom stereocenters. The van der Waals surface area contributed by atoms with Gasteiger partial charge in [0.25, 0.3) is 0 Å². The van der Waals surface area contributed by atoms with Crippen molar-refractivity contribution in [2.75, 3.05) is 6.54 Å². The molecule has 156 valence electrons. The summed E-state index contributed by atoms with van der Waals surface area (Å²) < 4.78 is 41.3. The number of rotatable bonds is 3. The molecule has 0 saturated carbocycles. The molecular weight excluding hydrogens is 381 g/mol. The minimum atomic E-state index is -4.48. The van der Waals surface area contributed by atoms with E-state index in [0.717, 1.165) is 41.2 Å². The Morgan fingerprint density at radius 2 is 1.97 bits per heavy atom. The molecule has 0 unspecified atom stereocenters. The van der Waals surface area contributed by atoms with Crippen molar-refractivity contribution in [2.24, 2.45) is 0 Å². The maximum absolute atomic E-state index is 13.5. The van der Waals surface area contributed by atoms with Crippen LogP contribution >= 0.6 is 0 Å². The molecule has 6 nitrogen and oxygen atoms in total. The van der Waals surface area contributed by atoms with E-state index >= 15 is 0 Å². The minimum absolute atomic E-state index is 0.0409. The first kappa shape index (κ1) is 19.9. The summed E-state index contributed by atoms with van der Waals surface area (Å²) in [5, 5.41) is 11.6. The van der Waals surface area contributed by atoms with Gasteiger partial charge in [-0.05, 0) is 32.4 Å². The number of aromatic nitrogens is 5. The van der Waals surface area contributed by atoms with Crippen LogP contribution in [0.4, 0.5) is 13.2 Å². The van der Waals surface area contributed by atoms with Crippen LogP contribution < -0.4 is 0 Å². The van der Waals surface area contributed by atoms with Crippen molar-refractivity contribution in [3.63, 3.8) is 0 Å². The number of nitrogens with zero attached hydrogens (tertiary/aromatic N) is 5. The summed E-state index contributed by atoms with van der Waals surface area (Å²) in [5.74, 6) is 0. The van der Waals surface area contributed by atoms with Crippen LogP contribution in [-0.4, -0.2) is 36.2 Å². The topological polar surface area (TPSA) is 62.1 Å². The average Bonchev–Trinajstić information content (AvgIpc) is 3.31. The number of halogens is 3. The molecule has 1 aliphatic heterocycles. The fraction of sp³-hybridized carbons (Fsp3) is 0.550. The Bertz CT molecular complexity index is 1030. The summed E-state index contributed by atoms with van der Waals surface area (Å²) in [4.78, 5) is 6.52. The fourth-order valence-corrected chi connectivity index (χ4v) is 4.13. The quantitative estimate of drug-likeness (QED) is 0.700. The van der Waals surface area contributed by atoms with Crippen molar-refractivity contribution in [2.45, 2.75) is 64.7 Å². The summed E-state index contributed by atoms with van der Waals surface area (Å²) in [6.07, 6.45) is -0.817. The van der Waals surface area contributed by atoms with E-state index in [1.165, 1.54) is 0 Å². The van der Waals surface area contributed by atoms with Gasteiger partial charge in [0.15, 0.2) is 5.65 Å². The average molecular weight is 406 g/mol. The van der Waals surface area contributed by atoms with Crippen LogP contribution in [0.25, 0.3) is 5.65 Å². The molecule has 3 aromatic rings. The Hall–Kier alpha value is -2.42. The van der Waals surface area contributed by atoms with Crippen molar-refractivity contribution in [1.29, 1.82) is 0 Å². The molecule has 0 aromatic carbocycles. The standard InChI is InChI=1S/C20H25F3N6/c1-12-8-16(20(21,22)23)29-17(25-12)9-14(27-29)15-6-5-7-28(15)11-13-10-24-26-18(13)19(2,3)4/h8-10,15H,5-7,11H2,1-4H3,(H,24,26)/t15-/m1/s1. The lowest BCUT2D eigenvalue weighted by Crippen LogP contribution is -2.25. The van der Waals surface area contributed by atoms with Gasteiger partial charge in [0, 0.05) is 35.0 Å². The summed E-state index contributed by atoms with van der Waals surface area (Å²) in [5.41, 5.74) is 2.53. The van der Waals surface area contributed by atoms with Crippen molar-refractivity contribution in [3.8, 4) is 0 Å². The van der Waals surface area contributed by atoms with E-state index in [0.29, 0.717) is 17.9 Å². The zero-order valence-corrected chi connectivity index (χ0v) is 17.0. The third kappa shape index (κ3) is 3.75. The number of aryl methyl sites for hydroxylation is 1. The van der Waals surface area contributed by atoms with Crippen LogP contribution in [0.5, 0.6) is 0 Å². The van der Waals surface area contributed by atoms with Gasteiger partial charge in [-0.2, -0.15) is 23.4 Å². The summed E-state index contributed by atoms with van der Waals surface area (Å²) in [6, 6.07) is 2.68. The number of fused-ring (bicyclic) bond motifs is 1. The second kappa shape index (κ2) is 6.83. The first-order chi connectivity index (χ1) is 13.5. The van der Waals surface area contributed by atoms with Crippen molar-refractivity contribution >= 4 is 5.65 Å². The van der Waals surface area contributed by atoms with E-state index in [-0.39, 0.29) is 17.1 Å². The highest BCUT2D eigenvalue weighted by Crippen LogP contribution is 2.36. The molecule has 0 spiro atoms.